The van der Waals surface area contributed by atoms with Crippen LogP contribution in [0.3, 0.4) is 0 Å². The van der Waals surface area contributed by atoms with Gasteiger partial charge in [-0.25, -0.2) is 4.79 Å². The number of rotatable bonds is 2. The molecule has 82 valence electrons. The summed E-state index contributed by atoms with van der Waals surface area (Å²) >= 11 is 3.37. The van der Waals surface area contributed by atoms with Crippen LogP contribution in [0, 0.1) is 6.92 Å². The van der Waals surface area contributed by atoms with Crippen molar-refractivity contribution in [2.75, 3.05) is 0 Å². The SMILES string of the molecule is Cc1cc(-c2nnc(C(=O)O)o2)ccc1Br. The number of hydrogen-bond acceptors (Lipinski definition) is 4. The second-order valence-electron chi connectivity index (χ2n) is 3.18. The van der Waals surface area contributed by atoms with Crippen LogP contribution in [0.15, 0.2) is 27.1 Å². The van der Waals surface area contributed by atoms with Crippen molar-refractivity contribution >= 4 is 21.9 Å². The van der Waals surface area contributed by atoms with Gasteiger partial charge in [-0.3, -0.25) is 0 Å². The van der Waals surface area contributed by atoms with Crippen LogP contribution in [0.4, 0.5) is 0 Å². The van der Waals surface area contributed by atoms with Gasteiger partial charge in [0.2, 0.25) is 5.89 Å². The monoisotopic (exact) mass is 282 g/mol. The number of nitrogens with zero attached hydrogens (tertiary/aromatic N) is 2. The molecule has 0 aliphatic rings. The Hall–Kier alpha value is -1.69. The molecule has 1 aromatic carbocycles. The normalized spacial score (nSPS) is 10.4. The molecule has 5 nitrogen and oxygen atoms in total. The van der Waals surface area contributed by atoms with Crippen LogP contribution in [-0.2, 0) is 0 Å². The molecule has 1 N–H and O–H groups in total. The van der Waals surface area contributed by atoms with E-state index in [0.29, 0.717) is 5.56 Å². The highest BCUT2D eigenvalue weighted by Crippen LogP contribution is 2.23. The van der Waals surface area contributed by atoms with Crippen molar-refractivity contribution in [3.63, 3.8) is 0 Å². The molecule has 2 aromatic rings. The van der Waals surface area contributed by atoms with E-state index in [1.807, 2.05) is 19.1 Å². The van der Waals surface area contributed by atoms with Crippen LogP contribution in [-0.4, -0.2) is 21.3 Å². The average Bonchev–Trinajstić information content (AvgIpc) is 2.71. The molecule has 0 aliphatic heterocycles. The van der Waals surface area contributed by atoms with E-state index in [4.69, 9.17) is 9.52 Å². The summed E-state index contributed by atoms with van der Waals surface area (Å²) in [5.74, 6) is -1.43. The van der Waals surface area contributed by atoms with E-state index in [0.717, 1.165) is 10.0 Å². The third-order valence-electron chi connectivity index (χ3n) is 2.01. The molecule has 0 saturated carbocycles. The number of hydrogen-bond donors (Lipinski definition) is 1. The maximum Gasteiger partial charge on any atom is 0.393 e. The quantitative estimate of drug-likeness (QED) is 0.916. The molecule has 0 aliphatic carbocycles. The lowest BCUT2D eigenvalue weighted by molar-refractivity contribution is 0.0654. The second kappa shape index (κ2) is 4.05. The van der Waals surface area contributed by atoms with Crippen molar-refractivity contribution in [2.24, 2.45) is 0 Å². The average molecular weight is 283 g/mol. The number of carbonyl (C=O) groups is 1. The highest BCUT2D eigenvalue weighted by molar-refractivity contribution is 9.10. The second-order valence-corrected chi connectivity index (χ2v) is 4.04. The Balaban J connectivity index is 2.42. The Morgan fingerprint density at radius 1 is 1.44 bits per heavy atom. The van der Waals surface area contributed by atoms with E-state index in [9.17, 15) is 4.79 Å². The summed E-state index contributed by atoms with van der Waals surface area (Å²) in [6.07, 6.45) is 0. The largest absolute Gasteiger partial charge is 0.474 e. The zero-order valence-electron chi connectivity index (χ0n) is 8.27. The van der Waals surface area contributed by atoms with Gasteiger partial charge in [-0.1, -0.05) is 15.9 Å². The summed E-state index contributed by atoms with van der Waals surface area (Å²) < 4.78 is 5.96. The van der Waals surface area contributed by atoms with Gasteiger partial charge in [0.1, 0.15) is 0 Å². The molecule has 1 heterocycles. The first-order chi connectivity index (χ1) is 7.58. The standard InChI is InChI=1S/C10H7BrN2O3/c1-5-4-6(2-3-7(5)11)8-12-13-9(16-8)10(14)15/h2-4H,1H3,(H,14,15). The van der Waals surface area contributed by atoms with Gasteiger partial charge in [0.15, 0.2) is 0 Å². The molecule has 0 unspecified atom stereocenters. The maximum absolute atomic E-state index is 10.6. The van der Waals surface area contributed by atoms with Crippen LogP contribution in [0.1, 0.15) is 16.2 Å². The Bertz CT molecular complexity index is 551. The summed E-state index contributed by atoms with van der Waals surface area (Å²) in [5, 5.41) is 15.7. The van der Waals surface area contributed by atoms with Gasteiger partial charge < -0.3 is 9.52 Å². The molecular formula is C10H7BrN2O3. The molecule has 2 rings (SSSR count). The van der Waals surface area contributed by atoms with E-state index in [-0.39, 0.29) is 5.89 Å². The summed E-state index contributed by atoms with van der Waals surface area (Å²) in [6, 6.07) is 5.45. The van der Waals surface area contributed by atoms with Gasteiger partial charge in [-0.2, -0.15) is 0 Å². The first-order valence-electron chi connectivity index (χ1n) is 4.41. The van der Waals surface area contributed by atoms with E-state index in [1.54, 1.807) is 6.07 Å². The van der Waals surface area contributed by atoms with Crippen molar-refractivity contribution in [1.82, 2.24) is 10.2 Å². The van der Waals surface area contributed by atoms with Crippen molar-refractivity contribution in [2.45, 2.75) is 6.92 Å². The highest BCUT2D eigenvalue weighted by Gasteiger charge is 2.14. The van der Waals surface area contributed by atoms with E-state index in [1.165, 1.54) is 0 Å². The minimum Gasteiger partial charge on any atom is -0.474 e. The molecule has 16 heavy (non-hydrogen) atoms. The van der Waals surface area contributed by atoms with Gasteiger partial charge in [0.05, 0.1) is 0 Å². The van der Waals surface area contributed by atoms with Crippen molar-refractivity contribution < 1.29 is 14.3 Å². The molecule has 0 spiro atoms. The zero-order valence-corrected chi connectivity index (χ0v) is 9.85. The fourth-order valence-electron chi connectivity index (χ4n) is 1.20. The number of halogens is 1. The Morgan fingerprint density at radius 2 is 2.19 bits per heavy atom. The molecule has 0 bridgehead atoms. The molecule has 0 saturated heterocycles. The number of aromatic nitrogens is 2. The fourth-order valence-corrected chi connectivity index (χ4v) is 1.45. The predicted molar refractivity (Wildman–Crippen MR) is 59.1 cm³/mol. The topological polar surface area (TPSA) is 76.2 Å². The van der Waals surface area contributed by atoms with Gasteiger partial charge in [0, 0.05) is 10.0 Å². The highest BCUT2D eigenvalue weighted by atomic mass is 79.9. The summed E-state index contributed by atoms with van der Waals surface area (Å²) in [4.78, 5) is 10.6. The first kappa shape index (κ1) is 10.8. The lowest BCUT2D eigenvalue weighted by Gasteiger charge is -1.99. The van der Waals surface area contributed by atoms with Crippen molar-refractivity contribution in [3.05, 3.63) is 34.1 Å². The maximum atomic E-state index is 10.6. The number of aromatic carboxylic acids is 1. The van der Waals surface area contributed by atoms with Crippen LogP contribution < -0.4 is 0 Å². The smallest absolute Gasteiger partial charge is 0.393 e. The van der Waals surface area contributed by atoms with Gasteiger partial charge in [-0.15, -0.1) is 10.2 Å². The predicted octanol–water partition coefficient (Wildman–Crippen LogP) is 2.51. The fraction of sp³-hybridized carbons (Fsp3) is 0.100. The molecular weight excluding hydrogens is 276 g/mol. The van der Waals surface area contributed by atoms with E-state index >= 15 is 0 Å². The summed E-state index contributed by atoms with van der Waals surface area (Å²) in [7, 11) is 0. The lowest BCUT2D eigenvalue weighted by Crippen LogP contribution is -1.95. The minimum absolute atomic E-state index is 0.202. The molecule has 0 amide bonds. The third-order valence-corrected chi connectivity index (χ3v) is 2.90. The molecule has 0 radical (unpaired) electrons. The Morgan fingerprint density at radius 3 is 2.75 bits per heavy atom. The number of carboxylic acid groups (broad SMARTS) is 1. The van der Waals surface area contributed by atoms with Crippen LogP contribution in [0.2, 0.25) is 0 Å². The van der Waals surface area contributed by atoms with Gasteiger partial charge in [0.25, 0.3) is 0 Å². The van der Waals surface area contributed by atoms with Crippen molar-refractivity contribution in [3.8, 4) is 11.5 Å². The summed E-state index contributed by atoms with van der Waals surface area (Å²) in [5.41, 5.74) is 1.70. The van der Waals surface area contributed by atoms with Gasteiger partial charge in [-0.05, 0) is 30.7 Å². The van der Waals surface area contributed by atoms with E-state index < -0.39 is 11.9 Å². The third kappa shape index (κ3) is 1.96. The minimum atomic E-state index is -1.23. The molecule has 0 fully saturated rings. The Labute approximate surface area is 99.2 Å². The Kier molecular flexibility index (Phi) is 2.74. The molecule has 0 atom stereocenters. The number of benzene rings is 1. The van der Waals surface area contributed by atoms with Crippen molar-refractivity contribution in [1.29, 1.82) is 0 Å². The van der Waals surface area contributed by atoms with Crippen LogP contribution >= 0.6 is 15.9 Å². The molecule has 6 heteroatoms. The number of aryl methyl sites for hydroxylation is 1. The van der Waals surface area contributed by atoms with Gasteiger partial charge >= 0.3 is 11.9 Å². The zero-order chi connectivity index (χ0) is 11.7. The van der Waals surface area contributed by atoms with Crippen LogP contribution in [0.25, 0.3) is 11.5 Å². The van der Waals surface area contributed by atoms with Crippen LogP contribution in [0.5, 0.6) is 0 Å². The molecule has 1 aromatic heterocycles. The number of carboxylic acids is 1. The first-order valence-corrected chi connectivity index (χ1v) is 5.20. The summed E-state index contributed by atoms with van der Waals surface area (Å²) in [6.45, 7) is 1.92. The van der Waals surface area contributed by atoms with E-state index in [2.05, 4.69) is 26.1 Å². The lowest BCUT2D eigenvalue weighted by atomic mass is 10.1.